The normalized spacial score (nSPS) is 15.0. The maximum atomic E-state index is 9.55. The van der Waals surface area contributed by atoms with Crippen molar-refractivity contribution in [1.82, 2.24) is 9.58 Å². The van der Waals surface area contributed by atoms with Crippen LogP contribution in [0.1, 0.15) is 18.4 Å². The zero-order valence-corrected chi connectivity index (χ0v) is 15.8. The molecule has 0 unspecified atom stereocenters. The summed E-state index contributed by atoms with van der Waals surface area (Å²) in [6.45, 7) is 3.58. The highest BCUT2D eigenvalue weighted by molar-refractivity contribution is 5.89. The van der Waals surface area contributed by atoms with E-state index in [0.29, 0.717) is 18.2 Å². The Labute approximate surface area is 164 Å². The average molecular weight is 385 g/mol. The van der Waals surface area contributed by atoms with Crippen LogP contribution in [0.4, 0.5) is 0 Å². The molecule has 0 saturated carbocycles. The number of benzene rings is 1. The number of aliphatic carboxylic acids is 2. The molecule has 7 heteroatoms. The SMILES string of the molecule is O=C(O)/C=C\C(=O)O.c1ccc(CCN2CCC(Nn3cccc3)CC2)cc1. The smallest absolute Gasteiger partial charge is 0.328 e. The van der Waals surface area contributed by atoms with Crippen LogP contribution in [0.5, 0.6) is 0 Å². The molecule has 3 N–H and O–H groups in total. The highest BCUT2D eigenvalue weighted by Gasteiger charge is 2.18. The zero-order valence-electron chi connectivity index (χ0n) is 15.8. The van der Waals surface area contributed by atoms with Crippen LogP contribution in [0.2, 0.25) is 0 Å². The molecule has 1 fully saturated rings. The molecule has 1 saturated heterocycles. The Hall–Kier alpha value is -3.06. The highest BCUT2D eigenvalue weighted by atomic mass is 16.4. The highest BCUT2D eigenvalue weighted by Crippen LogP contribution is 2.12. The first kappa shape index (κ1) is 21.2. The average Bonchev–Trinajstić information content (AvgIpc) is 3.20. The van der Waals surface area contributed by atoms with Crippen molar-refractivity contribution in [1.29, 1.82) is 0 Å². The Morgan fingerprint density at radius 1 is 0.964 bits per heavy atom. The molecular weight excluding hydrogens is 358 g/mol. The molecule has 150 valence electrons. The van der Waals surface area contributed by atoms with Gasteiger partial charge in [0.25, 0.3) is 0 Å². The Morgan fingerprint density at radius 3 is 2.07 bits per heavy atom. The number of carbonyl (C=O) groups is 2. The van der Waals surface area contributed by atoms with E-state index >= 15 is 0 Å². The van der Waals surface area contributed by atoms with Gasteiger partial charge in [-0.25, -0.2) is 9.59 Å². The lowest BCUT2D eigenvalue weighted by atomic mass is 10.0. The summed E-state index contributed by atoms with van der Waals surface area (Å²) in [6.07, 6.45) is 8.88. The van der Waals surface area contributed by atoms with Gasteiger partial charge in [-0.2, -0.15) is 0 Å². The van der Waals surface area contributed by atoms with Gasteiger partial charge < -0.3 is 20.5 Å². The van der Waals surface area contributed by atoms with E-state index in [1.54, 1.807) is 0 Å². The largest absolute Gasteiger partial charge is 0.478 e. The van der Waals surface area contributed by atoms with E-state index in [1.165, 1.54) is 38.0 Å². The number of carboxylic acids is 2. The molecule has 0 bridgehead atoms. The Bertz CT molecular complexity index is 720. The van der Waals surface area contributed by atoms with Gasteiger partial charge in [0, 0.05) is 50.2 Å². The van der Waals surface area contributed by atoms with Crippen molar-refractivity contribution >= 4 is 11.9 Å². The number of nitrogens with zero attached hydrogens (tertiary/aromatic N) is 2. The first-order chi connectivity index (χ1) is 13.5. The molecular formula is C21H27N3O4. The van der Waals surface area contributed by atoms with Crippen molar-refractivity contribution in [3.05, 3.63) is 72.6 Å². The number of rotatable bonds is 7. The first-order valence-corrected chi connectivity index (χ1v) is 9.32. The van der Waals surface area contributed by atoms with Gasteiger partial charge in [0.05, 0.1) is 0 Å². The lowest BCUT2D eigenvalue weighted by Gasteiger charge is -2.33. The van der Waals surface area contributed by atoms with E-state index < -0.39 is 11.9 Å². The monoisotopic (exact) mass is 385 g/mol. The van der Waals surface area contributed by atoms with Crippen LogP contribution in [-0.4, -0.2) is 57.4 Å². The van der Waals surface area contributed by atoms with Crippen molar-refractivity contribution in [2.75, 3.05) is 25.1 Å². The molecule has 1 aromatic carbocycles. The lowest BCUT2D eigenvalue weighted by Crippen LogP contribution is -2.41. The van der Waals surface area contributed by atoms with Crippen molar-refractivity contribution in [3.63, 3.8) is 0 Å². The van der Waals surface area contributed by atoms with E-state index in [2.05, 4.69) is 69.9 Å². The van der Waals surface area contributed by atoms with Crippen LogP contribution in [0, 0.1) is 0 Å². The quantitative estimate of drug-likeness (QED) is 0.634. The third kappa shape index (κ3) is 8.55. The van der Waals surface area contributed by atoms with Crippen LogP contribution in [0.25, 0.3) is 0 Å². The molecule has 0 amide bonds. The molecule has 2 aromatic rings. The molecule has 0 atom stereocenters. The molecule has 2 heterocycles. The minimum absolute atomic E-state index is 0.558. The molecule has 0 spiro atoms. The Balaban J connectivity index is 0.000000300. The maximum absolute atomic E-state index is 9.55. The molecule has 28 heavy (non-hydrogen) atoms. The lowest BCUT2D eigenvalue weighted by molar-refractivity contribution is -0.134. The van der Waals surface area contributed by atoms with Crippen molar-refractivity contribution in [3.8, 4) is 0 Å². The van der Waals surface area contributed by atoms with Gasteiger partial charge in [-0.05, 0) is 37.0 Å². The van der Waals surface area contributed by atoms with Gasteiger partial charge in [0.1, 0.15) is 0 Å². The van der Waals surface area contributed by atoms with Gasteiger partial charge >= 0.3 is 11.9 Å². The predicted octanol–water partition coefficient (Wildman–Crippen LogP) is 2.45. The summed E-state index contributed by atoms with van der Waals surface area (Å²) in [5, 5.41) is 15.6. The fraction of sp³-hybridized carbons (Fsp3) is 0.333. The van der Waals surface area contributed by atoms with Crippen LogP contribution in [-0.2, 0) is 16.0 Å². The van der Waals surface area contributed by atoms with Crippen molar-refractivity contribution in [2.24, 2.45) is 0 Å². The van der Waals surface area contributed by atoms with E-state index in [1.807, 2.05) is 0 Å². The zero-order chi connectivity index (χ0) is 20.2. The summed E-state index contributed by atoms with van der Waals surface area (Å²) < 4.78 is 2.07. The van der Waals surface area contributed by atoms with Crippen LogP contribution in [0.3, 0.4) is 0 Å². The van der Waals surface area contributed by atoms with Crippen LogP contribution in [0.15, 0.2) is 67.0 Å². The first-order valence-electron chi connectivity index (χ1n) is 9.32. The summed E-state index contributed by atoms with van der Waals surface area (Å²) in [6, 6.07) is 15.5. The fourth-order valence-electron chi connectivity index (χ4n) is 2.99. The molecule has 1 aromatic heterocycles. The predicted molar refractivity (Wildman–Crippen MR) is 108 cm³/mol. The summed E-state index contributed by atoms with van der Waals surface area (Å²) in [7, 11) is 0. The topological polar surface area (TPSA) is 94.8 Å². The fourth-order valence-corrected chi connectivity index (χ4v) is 2.99. The minimum Gasteiger partial charge on any atom is -0.478 e. The number of carboxylic acid groups (broad SMARTS) is 2. The number of likely N-dealkylation sites (tertiary alicyclic amines) is 1. The second-order valence-corrected chi connectivity index (χ2v) is 6.58. The minimum atomic E-state index is -1.26. The summed E-state index contributed by atoms with van der Waals surface area (Å²) in [5.74, 6) is -2.51. The van der Waals surface area contributed by atoms with Gasteiger partial charge in [0.2, 0.25) is 0 Å². The number of aromatic nitrogens is 1. The van der Waals surface area contributed by atoms with E-state index in [-0.39, 0.29) is 0 Å². The van der Waals surface area contributed by atoms with Gasteiger partial charge in [-0.15, -0.1) is 0 Å². The summed E-state index contributed by atoms with van der Waals surface area (Å²) >= 11 is 0. The van der Waals surface area contributed by atoms with E-state index in [0.717, 1.165) is 6.42 Å². The van der Waals surface area contributed by atoms with Gasteiger partial charge in [-0.1, -0.05) is 30.3 Å². The number of nitrogens with one attached hydrogen (secondary N) is 1. The Kier molecular flexibility index (Phi) is 8.81. The van der Waals surface area contributed by atoms with Crippen molar-refractivity contribution in [2.45, 2.75) is 25.3 Å². The molecule has 7 nitrogen and oxygen atoms in total. The molecule has 1 aliphatic rings. The van der Waals surface area contributed by atoms with Crippen molar-refractivity contribution < 1.29 is 19.8 Å². The second-order valence-electron chi connectivity index (χ2n) is 6.58. The van der Waals surface area contributed by atoms with E-state index in [4.69, 9.17) is 10.2 Å². The molecule has 1 aliphatic heterocycles. The third-order valence-corrected chi connectivity index (χ3v) is 4.45. The summed E-state index contributed by atoms with van der Waals surface area (Å²) in [5.41, 5.74) is 4.99. The molecule has 0 radical (unpaired) electrons. The van der Waals surface area contributed by atoms with Crippen LogP contribution >= 0.6 is 0 Å². The van der Waals surface area contributed by atoms with E-state index in [9.17, 15) is 9.59 Å². The molecule has 3 rings (SSSR count). The maximum Gasteiger partial charge on any atom is 0.328 e. The molecule has 0 aliphatic carbocycles. The van der Waals surface area contributed by atoms with Crippen LogP contribution < -0.4 is 5.43 Å². The standard InChI is InChI=1S/C17H23N3.C4H4O4/c1-2-6-16(7-3-1)8-13-19-14-9-17(10-15-19)18-20-11-4-5-12-20;5-3(6)1-2-4(7)8/h1-7,11-12,17-18H,8-10,13-15H2;1-2H,(H,5,6)(H,7,8)/b;2-1-. The number of piperidine rings is 1. The second kappa shape index (κ2) is 11.6. The summed E-state index contributed by atoms with van der Waals surface area (Å²) in [4.78, 5) is 21.7. The Morgan fingerprint density at radius 2 is 1.54 bits per heavy atom. The third-order valence-electron chi connectivity index (χ3n) is 4.45. The number of hydrogen-bond donors (Lipinski definition) is 3. The number of hydrogen-bond acceptors (Lipinski definition) is 4. The van der Waals surface area contributed by atoms with Gasteiger partial charge in [0.15, 0.2) is 0 Å². The van der Waals surface area contributed by atoms with Gasteiger partial charge in [-0.3, -0.25) is 4.68 Å².